The molecule has 0 aliphatic heterocycles. The molecule has 0 saturated carbocycles. The fraction of sp³-hybridized carbons (Fsp3) is 0.667. The van der Waals surface area contributed by atoms with Crippen LogP contribution < -0.4 is 0 Å². The molecule has 0 amide bonds. The van der Waals surface area contributed by atoms with E-state index in [0.717, 1.165) is 5.54 Å². The number of carbonyl (C=O) groups excluding carboxylic acids is 4. The molecule has 0 aromatic carbocycles. The summed E-state index contributed by atoms with van der Waals surface area (Å²) in [7, 11) is 3.55. The maximum Gasteiger partial charge on any atom is 0.157 e. The number of carbonyl (C=O) groups is 4. The van der Waals surface area contributed by atoms with Crippen molar-refractivity contribution >= 4 is 79.6 Å². The molecule has 0 N–H and O–H groups in total. The van der Waals surface area contributed by atoms with E-state index in [4.69, 9.17) is 11.6 Å². The van der Waals surface area contributed by atoms with Crippen LogP contribution in [0.3, 0.4) is 0 Å². The highest BCUT2D eigenvalue weighted by Crippen LogP contribution is 2.32. The third-order valence-corrected chi connectivity index (χ3v) is 5.22. The smallest absolute Gasteiger partial charge is 0.157 e. The van der Waals surface area contributed by atoms with Gasteiger partial charge < -0.3 is 0 Å². The molecule has 9 heteroatoms. The standard InChI is InChI=1S/C16H23ClO4.C2H6S2.H2S2/c1-10(2)14(20)8-16(5,7-11(3)18)15(21)6-13(9-17)12(4)19;1-3-4-2;1-2/h9-10H,6-8H2,1-5H3;1-2H3;1-2H. The fourth-order valence-electron chi connectivity index (χ4n) is 2.02. The van der Waals surface area contributed by atoms with Crippen LogP contribution in [0, 0.1) is 11.3 Å². The molecule has 0 aliphatic carbocycles. The monoisotopic (exact) mass is 474 g/mol. The summed E-state index contributed by atoms with van der Waals surface area (Å²) in [6.45, 7) is 7.81. The van der Waals surface area contributed by atoms with Crippen LogP contribution in [-0.4, -0.2) is 35.6 Å². The predicted molar refractivity (Wildman–Crippen MR) is 127 cm³/mol. The third-order valence-electron chi connectivity index (χ3n) is 3.62. The molecule has 0 saturated heterocycles. The summed E-state index contributed by atoms with van der Waals surface area (Å²) in [5.41, 5.74) is 0.181. The number of hydrogen-bond acceptors (Lipinski definition) is 8. The summed E-state index contributed by atoms with van der Waals surface area (Å²) in [6.07, 6.45) is 3.94. The number of ketones is 4. The first-order valence-electron chi connectivity index (χ1n) is 8.07. The first-order valence-corrected chi connectivity index (χ1v) is 13.1. The highest BCUT2D eigenvalue weighted by atomic mass is 35.5. The SMILES string of the molecule is CC(=O)CC(C)(CC(=O)C(C)C)C(=O)CC(=CCl)C(C)=O.CSSC.SS. The van der Waals surface area contributed by atoms with Gasteiger partial charge in [0.15, 0.2) is 5.78 Å². The molecule has 0 radical (unpaired) electrons. The molecule has 0 aromatic heterocycles. The second-order valence-electron chi connectivity index (χ2n) is 6.36. The van der Waals surface area contributed by atoms with Gasteiger partial charge in [0, 0.05) is 41.7 Å². The van der Waals surface area contributed by atoms with Crippen LogP contribution in [0.15, 0.2) is 11.1 Å². The Hall–Kier alpha value is 0.110. The van der Waals surface area contributed by atoms with Crippen LogP contribution >= 0.6 is 56.5 Å². The van der Waals surface area contributed by atoms with Crippen molar-refractivity contribution in [1.29, 1.82) is 0 Å². The van der Waals surface area contributed by atoms with Crippen LogP contribution in [0.25, 0.3) is 0 Å². The molecule has 0 spiro atoms. The van der Waals surface area contributed by atoms with Crippen LogP contribution in [0.1, 0.15) is 53.9 Å². The Morgan fingerprint density at radius 2 is 1.48 bits per heavy atom. The van der Waals surface area contributed by atoms with Crippen molar-refractivity contribution in [2.75, 3.05) is 12.5 Å². The molecular weight excluding hydrogens is 444 g/mol. The molecule has 0 aliphatic rings. The van der Waals surface area contributed by atoms with Crippen molar-refractivity contribution in [3.63, 3.8) is 0 Å². The van der Waals surface area contributed by atoms with Gasteiger partial charge in [-0.2, -0.15) is 0 Å². The normalized spacial score (nSPS) is 12.8. The van der Waals surface area contributed by atoms with Gasteiger partial charge >= 0.3 is 0 Å². The van der Waals surface area contributed by atoms with E-state index in [1.807, 2.05) is 0 Å². The van der Waals surface area contributed by atoms with E-state index in [1.54, 1.807) is 42.4 Å². The van der Waals surface area contributed by atoms with Crippen molar-refractivity contribution in [1.82, 2.24) is 0 Å². The van der Waals surface area contributed by atoms with Crippen LogP contribution in [0.2, 0.25) is 0 Å². The second-order valence-corrected chi connectivity index (χ2v) is 9.25. The summed E-state index contributed by atoms with van der Waals surface area (Å²) in [5.74, 6) is -1.06. The molecule has 158 valence electrons. The van der Waals surface area contributed by atoms with Gasteiger partial charge in [0.05, 0.1) is 0 Å². The maximum absolute atomic E-state index is 12.5. The Morgan fingerprint density at radius 1 is 1.04 bits per heavy atom. The summed E-state index contributed by atoms with van der Waals surface area (Å²) >= 11 is 12.0. The van der Waals surface area contributed by atoms with E-state index in [-0.39, 0.29) is 53.9 Å². The predicted octanol–water partition coefficient (Wildman–Crippen LogP) is 5.65. The minimum Gasteiger partial charge on any atom is -0.300 e. The lowest BCUT2D eigenvalue weighted by atomic mass is 9.73. The average Bonchev–Trinajstić information content (AvgIpc) is 2.60. The van der Waals surface area contributed by atoms with Crippen molar-refractivity contribution in [3.05, 3.63) is 11.1 Å². The lowest BCUT2D eigenvalue weighted by molar-refractivity contribution is -0.137. The largest absolute Gasteiger partial charge is 0.300 e. The highest BCUT2D eigenvalue weighted by Gasteiger charge is 2.37. The summed E-state index contributed by atoms with van der Waals surface area (Å²) in [4.78, 5) is 47.2. The molecule has 0 bridgehead atoms. The van der Waals surface area contributed by atoms with Gasteiger partial charge in [-0.1, -0.05) is 54.0 Å². The van der Waals surface area contributed by atoms with Crippen LogP contribution in [-0.2, 0) is 19.2 Å². The van der Waals surface area contributed by atoms with Crippen molar-refractivity contribution in [2.24, 2.45) is 11.3 Å². The third kappa shape index (κ3) is 15.7. The molecular formula is C18H31ClO4S4. The summed E-state index contributed by atoms with van der Waals surface area (Å²) < 4.78 is 0. The summed E-state index contributed by atoms with van der Waals surface area (Å²) in [5, 5.41) is 0. The highest BCUT2D eigenvalue weighted by molar-refractivity contribution is 8.76. The van der Waals surface area contributed by atoms with Gasteiger partial charge in [-0.25, -0.2) is 0 Å². The number of halogens is 1. The number of allylic oxidation sites excluding steroid dienone is 1. The zero-order chi connectivity index (χ0) is 22.2. The van der Waals surface area contributed by atoms with E-state index in [9.17, 15) is 19.2 Å². The number of thiol groups is 2. The lowest BCUT2D eigenvalue weighted by Gasteiger charge is -2.27. The van der Waals surface area contributed by atoms with Gasteiger partial charge in [0.1, 0.15) is 17.3 Å². The van der Waals surface area contributed by atoms with Gasteiger partial charge in [0.25, 0.3) is 0 Å². The molecule has 0 aromatic rings. The lowest BCUT2D eigenvalue weighted by Crippen LogP contribution is -2.34. The zero-order valence-corrected chi connectivity index (χ0v) is 21.2. The Morgan fingerprint density at radius 3 is 1.74 bits per heavy atom. The molecule has 27 heavy (non-hydrogen) atoms. The number of hydrogen-bond donors (Lipinski definition) is 2. The minimum atomic E-state index is -1.09. The Balaban J connectivity index is -0.000000841. The van der Waals surface area contributed by atoms with Crippen molar-refractivity contribution in [3.8, 4) is 0 Å². The van der Waals surface area contributed by atoms with Gasteiger partial charge in [-0.05, 0) is 26.4 Å². The Kier molecular flexibility index (Phi) is 21.4. The van der Waals surface area contributed by atoms with Crippen LogP contribution in [0.4, 0.5) is 0 Å². The first kappa shape index (κ1) is 31.8. The van der Waals surface area contributed by atoms with E-state index in [0.29, 0.717) is 0 Å². The second kappa shape index (κ2) is 18.2. The fourth-order valence-corrected chi connectivity index (χ4v) is 2.25. The van der Waals surface area contributed by atoms with E-state index in [2.05, 4.69) is 35.8 Å². The molecule has 0 heterocycles. The van der Waals surface area contributed by atoms with Crippen molar-refractivity contribution < 1.29 is 19.2 Å². The topological polar surface area (TPSA) is 68.3 Å². The minimum absolute atomic E-state index is 0.00342. The van der Waals surface area contributed by atoms with Gasteiger partial charge in [-0.3, -0.25) is 19.2 Å². The Bertz CT molecular complexity index is 519. The molecule has 0 rings (SSSR count). The molecule has 1 atom stereocenters. The van der Waals surface area contributed by atoms with E-state index < -0.39 is 5.41 Å². The number of rotatable bonds is 10. The first-order chi connectivity index (χ1) is 12.4. The summed E-state index contributed by atoms with van der Waals surface area (Å²) in [6, 6.07) is 0. The average molecular weight is 475 g/mol. The number of Topliss-reactive ketones (excluding diaryl/α,β-unsaturated/α-hetero) is 4. The molecule has 1 unspecified atom stereocenters. The quantitative estimate of drug-likeness (QED) is 0.242. The van der Waals surface area contributed by atoms with E-state index >= 15 is 0 Å². The van der Waals surface area contributed by atoms with Gasteiger partial charge in [-0.15, -0.1) is 23.3 Å². The molecule has 4 nitrogen and oxygen atoms in total. The maximum atomic E-state index is 12.5. The van der Waals surface area contributed by atoms with Crippen molar-refractivity contribution in [2.45, 2.75) is 53.9 Å². The van der Waals surface area contributed by atoms with Gasteiger partial charge in [0.2, 0.25) is 0 Å². The van der Waals surface area contributed by atoms with E-state index in [1.165, 1.54) is 13.8 Å². The Labute approximate surface area is 187 Å². The zero-order valence-electron chi connectivity index (χ0n) is 17.0. The molecule has 0 fully saturated rings. The van der Waals surface area contributed by atoms with Crippen LogP contribution in [0.5, 0.6) is 0 Å².